The highest BCUT2D eigenvalue weighted by Gasteiger charge is 2.14. The lowest BCUT2D eigenvalue weighted by Gasteiger charge is -2.14. The second kappa shape index (κ2) is 6.25. The predicted octanol–water partition coefficient (Wildman–Crippen LogP) is 5.56. The van der Waals surface area contributed by atoms with Gasteiger partial charge < -0.3 is 10.3 Å². The van der Waals surface area contributed by atoms with Gasteiger partial charge in [0.05, 0.1) is 17.4 Å². The number of hydrogen-bond acceptors (Lipinski definition) is 2. The van der Waals surface area contributed by atoms with Crippen LogP contribution >= 0.6 is 0 Å². The molecule has 0 atom stereocenters. The second-order valence-electron chi connectivity index (χ2n) is 7.02. The van der Waals surface area contributed by atoms with E-state index in [2.05, 4.69) is 84.6 Å². The van der Waals surface area contributed by atoms with E-state index in [0.717, 1.165) is 17.5 Å². The van der Waals surface area contributed by atoms with Crippen molar-refractivity contribution < 1.29 is 0 Å². The molecule has 3 nitrogen and oxygen atoms in total. The molecule has 1 aliphatic carbocycles. The molecule has 1 aliphatic rings. The fraction of sp³-hybridized carbons (Fsp3) is 0.227. The lowest BCUT2D eigenvalue weighted by molar-refractivity contribution is 0.897. The van der Waals surface area contributed by atoms with Gasteiger partial charge in [-0.1, -0.05) is 24.3 Å². The quantitative estimate of drug-likeness (QED) is 0.657. The number of allylic oxidation sites excluding steroid dienone is 4. The van der Waals surface area contributed by atoms with Crippen molar-refractivity contribution in [3.05, 3.63) is 71.6 Å². The molecule has 1 aromatic heterocycles. The van der Waals surface area contributed by atoms with Gasteiger partial charge in [-0.25, -0.2) is 4.98 Å². The van der Waals surface area contributed by atoms with Gasteiger partial charge in [-0.3, -0.25) is 0 Å². The molecule has 0 amide bonds. The fourth-order valence-electron chi connectivity index (χ4n) is 3.39. The zero-order valence-electron chi connectivity index (χ0n) is 14.9. The van der Waals surface area contributed by atoms with Crippen molar-refractivity contribution in [1.82, 2.24) is 9.97 Å². The Bertz CT molecular complexity index is 989. The van der Waals surface area contributed by atoms with E-state index in [-0.39, 0.29) is 0 Å². The van der Waals surface area contributed by atoms with Gasteiger partial charge in [0.15, 0.2) is 0 Å². The lowest BCUT2D eigenvalue weighted by Crippen LogP contribution is -2.10. The van der Waals surface area contributed by atoms with Crippen LogP contribution in [0.4, 0.5) is 5.69 Å². The molecule has 0 saturated heterocycles. The summed E-state index contributed by atoms with van der Waals surface area (Å²) in [5.41, 5.74) is 9.91. The Hall–Kier alpha value is -2.81. The number of nitrogens with zero attached hydrogens (tertiary/aromatic N) is 1. The number of aromatic amines is 1. The smallest absolute Gasteiger partial charge is 0.0931 e. The van der Waals surface area contributed by atoms with E-state index in [9.17, 15) is 0 Å². The molecule has 0 unspecified atom stereocenters. The molecule has 126 valence electrons. The summed E-state index contributed by atoms with van der Waals surface area (Å²) in [4.78, 5) is 7.49. The van der Waals surface area contributed by atoms with Gasteiger partial charge in [0.2, 0.25) is 0 Å². The highest BCUT2D eigenvalue weighted by Crippen LogP contribution is 2.35. The molecule has 3 heteroatoms. The molecule has 0 spiro atoms. The van der Waals surface area contributed by atoms with Crippen molar-refractivity contribution in [2.24, 2.45) is 0 Å². The summed E-state index contributed by atoms with van der Waals surface area (Å²) in [5.74, 6) is 0. The Morgan fingerprint density at radius 1 is 1.00 bits per heavy atom. The van der Waals surface area contributed by atoms with E-state index < -0.39 is 0 Å². The fourth-order valence-corrected chi connectivity index (χ4v) is 3.39. The number of anilines is 1. The summed E-state index contributed by atoms with van der Waals surface area (Å²) in [7, 11) is 0. The summed E-state index contributed by atoms with van der Waals surface area (Å²) < 4.78 is 0. The number of rotatable bonds is 4. The van der Waals surface area contributed by atoms with Crippen LogP contribution in [0.2, 0.25) is 0 Å². The van der Waals surface area contributed by atoms with Crippen LogP contribution in [0.3, 0.4) is 0 Å². The Morgan fingerprint density at radius 2 is 1.72 bits per heavy atom. The largest absolute Gasteiger partial charge is 0.383 e. The molecular formula is C22H23N3. The predicted molar refractivity (Wildman–Crippen MR) is 107 cm³/mol. The minimum absolute atomic E-state index is 0.445. The van der Waals surface area contributed by atoms with Gasteiger partial charge in [-0.15, -0.1) is 0 Å². The van der Waals surface area contributed by atoms with Crippen LogP contribution in [0.5, 0.6) is 0 Å². The molecule has 0 fully saturated rings. The Balaban J connectivity index is 1.54. The average molecular weight is 329 g/mol. The van der Waals surface area contributed by atoms with Crippen molar-refractivity contribution in [3.8, 4) is 0 Å². The molecule has 2 aromatic carbocycles. The van der Waals surface area contributed by atoms with Crippen molar-refractivity contribution in [2.75, 3.05) is 5.32 Å². The highest BCUT2D eigenvalue weighted by molar-refractivity contribution is 5.89. The van der Waals surface area contributed by atoms with Crippen molar-refractivity contribution in [3.63, 3.8) is 0 Å². The zero-order chi connectivity index (χ0) is 17.4. The number of hydrogen-bond donors (Lipinski definition) is 2. The van der Waals surface area contributed by atoms with Crippen molar-refractivity contribution in [1.29, 1.82) is 0 Å². The molecule has 0 aliphatic heterocycles. The van der Waals surface area contributed by atoms with Gasteiger partial charge in [0.1, 0.15) is 0 Å². The first-order chi connectivity index (χ1) is 12.1. The lowest BCUT2D eigenvalue weighted by atomic mass is 9.97. The number of imidazole rings is 1. The molecule has 3 aromatic rings. The molecule has 4 rings (SSSR count). The summed E-state index contributed by atoms with van der Waals surface area (Å²) >= 11 is 0. The molecule has 0 radical (unpaired) electrons. The molecule has 1 heterocycles. The van der Waals surface area contributed by atoms with Crippen LogP contribution in [-0.2, 0) is 0 Å². The first kappa shape index (κ1) is 15.7. The van der Waals surface area contributed by atoms with Crippen LogP contribution in [0.1, 0.15) is 37.0 Å². The second-order valence-corrected chi connectivity index (χ2v) is 7.02. The van der Waals surface area contributed by atoms with Crippen LogP contribution < -0.4 is 5.32 Å². The van der Waals surface area contributed by atoms with Gasteiger partial charge >= 0.3 is 0 Å². The monoisotopic (exact) mass is 329 g/mol. The van der Waals surface area contributed by atoms with Gasteiger partial charge in [0, 0.05) is 11.7 Å². The van der Waals surface area contributed by atoms with Crippen molar-refractivity contribution >= 4 is 27.9 Å². The standard InChI is InChI=1S/C22H23N3/c1-14(2)25-20-8-6-16(10-15(20)3)17-4-5-18(11-17)19-7-9-21-22(12-19)24-13-23-21/h4-10,12-14,25H,11H2,1-3H3,(H,23,24). The normalized spacial score (nSPS) is 14.1. The number of aromatic nitrogens is 2. The molecule has 0 bridgehead atoms. The van der Waals surface area contributed by atoms with E-state index in [1.807, 2.05) is 0 Å². The average Bonchev–Trinajstić information content (AvgIpc) is 3.24. The summed E-state index contributed by atoms with van der Waals surface area (Å²) in [6, 6.07) is 13.6. The zero-order valence-corrected chi connectivity index (χ0v) is 14.9. The molecule has 25 heavy (non-hydrogen) atoms. The Morgan fingerprint density at radius 3 is 2.44 bits per heavy atom. The van der Waals surface area contributed by atoms with Crippen LogP contribution in [-0.4, -0.2) is 16.0 Å². The minimum Gasteiger partial charge on any atom is -0.383 e. The van der Waals surface area contributed by atoms with Gasteiger partial charge in [-0.05, 0) is 79.3 Å². The third-order valence-electron chi connectivity index (χ3n) is 4.70. The number of aryl methyl sites for hydroxylation is 1. The maximum atomic E-state index is 4.29. The van der Waals surface area contributed by atoms with Crippen LogP contribution in [0.15, 0.2) is 54.9 Å². The highest BCUT2D eigenvalue weighted by atomic mass is 14.9. The van der Waals surface area contributed by atoms with Gasteiger partial charge in [-0.2, -0.15) is 0 Å². The maximum Gasteiger partial charge on any atom is 0.0931 e. The number of benzene rings is 2. The summed E-state index contributed by atoms with van der Waals surface area (Å²) in [6.45, 7) is 6.50. The number of fused-ring (bicyclic) bond motifs is 1. The topological polar surface area (TPSA) is 40.7 Å². The molecular weight excluding hydrogens is 306 g/mol. The molecule has 2 N–H and O–H groups in total. The SMILES string of the molecule is Cc1cc(C2=CC=C(c3ccc4nc[nH]c4c3)C2)ccc1NC(C)C. The van der Waals surface area contributed by atoms with Crippen LogP contribution in [0, 0.1) is 6.92 Å². The summed E-state index contributed by atoms with van der Waals surface area (Å²) in [6.07, 6.45) is 7.20. The summed E-state index contributed by atoms with van der Waals surface area (Å²) in [5, 5.41) is 3.50. The van der Waals surface area contributed by atoms with E-state index in [4.69, 9.17) is 0 Å². The third kappa shape index (κ3) is 3.10. The first-order valence-corrected chi connectivity index (χ1v) is 8.81. The van der Waals surface area contributed by atoms with E-state index in [1.165, 1.54) is 33.5 Å². The number of H-pyrrole nitrogens is 1. The Labute approximate surface area is 148 Å². The molecule has 0 saturated carbocycles. The maximum absolute atomic E-state index is 4.29. The number of nitrogens with one attached hydrogen (secondary N) is 2. The van der Waals surface area contributed by atoms with E-state index in [0.29, 0.717) is 6.04 Å². The van der Waals surface area contributed by atoms with Crippen molar-refractivity contribution in [2.45, 2.75) is 33.2 Å². The van der Waals surface area contributed by atoms with E-state index in [1.54, 1.807) is 6.33 Å². The first-order valence-electron chi connectivity index (χ1n) is 8.81. The van der Waals surface area contributed by atoms with Gasteiger partial charge in [0.25, 0.3) is 0 Å². The minimum atomic E-state index is 0.445. The Kier molecular flexibility index (Phi) is 3.92. The third-order valence-corrected chi connectivity index (χ3v) is 4.70. The van der Waals surface area contributed by atoms with E-state index >= 15 is 0 Å². The van der Waals surface area contributed by atoms with Crippen LogP contribution in [0.25, 0.3) is 22.2 Å².